The number of thioether (sulfide) groups is 1. The summed E-state index contributed by atoms with van der Waals surface area (Å²) in [6.07, 6.45) is 6.90. The van der Waals surface area contributed by atoms with Crippen molar-refractivity contribution in [1.82, 2.24) is 14.4 Å². The van der Waals surface area contributed by atoms with E-state index in [1.165, 1.54) is 10.5 Å². The molecule has 7 heteroatoms. The highest BCUT2D eigenvalue weighted by Gasteiger charge is 2.19. The summed E-state index contributed by atoms with van der Waals surface area (Å²) in [4.78, 5) is 21.8. The largest absolute Gasteiger partial charge is 0.423 e. The number of benzene rings is 1. The fourth-order valence-corrected chi connectivity index (χ4v) is 3.90. The number of amides is 1. The molecule has 4 rings (SSSR count). The van der Waals surface area contributed by atoms with Crippen LogP contribution in [-0.2, 0) is 4.79 Å². The number of aryl methyl sites for hydroxylation is 1. The van der Waals surface area contributed by atoms with Crippen LogP contribution in [0.3, 0.4) is 0 Å². The number of imidazole rings is 1. The maximum Gasteiger partial charge on any atom is 0.305 e. The number of carbonyl (C=O) groups excluding carboxylic acids is 1. The lowest BCUT2D eigenvalue weighted by atomic mass is 10.1. The average Bonchev–Trinajstić information content (AvgIpc) is 3.26. The van der Waals surface area contributed by atoms with Crippen LogP contribution in [0.4, 0.5) is 6.01 Å². The monoisotopic (exact) mass is 380 g/mol. The second kappa shape index (κ2) is 7.08. The first-order valence-corrected chi connectivity index (χ1v) is 10.0. The molecule has 0 saturated heterocycles. The molecule has 6 nitrogen and oxygen atoms in total. The van der Waals surface area contributed by atoms with Crippen LogP contribution in [0.25, 0.3) is 16.7 Å². The number of anilines is 1. The maximum absolute atomic E-state index is 11.1. The van der Waals surface area contributed by atoms with Gasteiger partial charge < -0.3 is 8.82 Å². The molecular formula is C20H20N4O2S. The Kier molecular flexibility index (Phi) is 4.61. The lowest BCUT2D eigenvalue weighted by molar-refractivity contribution is -0.107. The number of hydrogen-bond acceptors (Lipinski definition) is 5. The highest BCUT2D eigenvalue weighted by molar-refractivity contribution is 7.99. The van der Waals surface area contributed by atoms with Gasteiger partial charge in [0.15, 0.2) is 5.58 Å². The van der Waals surface area contributed by atoms with Crippen molar-refractivity contribution in [2.75, 3.05) is 17.7 Å². The Bertz CT molecular complexity index is 1120. The third kappa shape index (κ3) is 3.19. The van der Waals surface area contributed by atoms with Crippen molar-refractivity contribution < 1.29 is 9.21 Å². The standard InChI is InChI=1S/C20H20N4O2S/c1-4-23(12-25)20-22-15-6-5-14(10-17(15)26-20)19(27-3)16-11-24-8-7-13(2)9-18(24)21-16/h5-12,19H,4H2,1-3H3. The molecule has 138 valence electrons. The van der Waals surface area contributed by atoms with Gasteiger partial charge in [-0.1, -0.05) is 6.07 Å². The minimum atomic E-state index is 0.0801. The number of aromatic nitrogens is 3. The Balaban J connectivity index is 1.74. The van der Waals surface area contributed by atoms with Crippen LogP contribution in [-0.4, -0.2) is 33.6 Å². The fraction of sp³-hybridized carbons (Fsp3) is 0.250. The highest BCUT2D eigenvalue weighted by Crippen LogP contribution is 2.35. The average molecular weight is 380 g/mol. The van der Waals surface area contributed by atoms with Crippen LogP contribution >= 0.6 is 11.8 Å². The van der Waals surface area contributed by atoms with E-state index in [1.54, 1.807) is 11.8 Å². The van der Waals surface area contributed by atoms with Crippen molar-refractivity contribution in [1.29, 1.82) is 0 Å². The molecule has 0 fully saturated rings. The zero-order valence-electron chi connectivity index (χ0n) is 15.4. The number of rotatable bonds is 6. The van der Waals surface area contributed by atoms with E-state index in [-0.39, 0.29) is 5.25 Å². The van der Waals surface area contributed by atoms with Crippen molar-refractivity contribution in [3.8, 4) is 0 Å². The molecule has 3 heterocycles. The van der Waals surface area contributed by atoms with Crippen LogP contribution in [0.15, 0.2) is 47.1 Å². The summed E-state index contributed by atoms with van der Waals surface area (Å²) in [5.74, 6) is 0. The molecule has 0 aliphatic rings. The van der Waals surface area contributed by atoms with Gasteiger partial charge in [-0.15, -0.1) is 0 Å². The Morgan fingerprint density at radius 2 is 2.15 bits per heavy atom. The Morgan fingerprint density at radius 3 is 2.89 bits per heavy atom. The molecule has 0 aliphatic heterocycles. The van der Waals surface area contributed by atoms with Gasteiger partial charge >= 0.3 is 6.01 Å². The molecule has 1 aromatic carbocycles. The van der Waals surface area contributed by atoms with Crippen LogP contribution in [0.5, 0.6) is 0 Å². The molecule has 1 amide bonds. The number of nitrogens with zero attached hydrogens (tertiary/aromatic N) is 4. The quantitative estimate of drug-likeness (QED) is 0.469. The molecule has 0 spiro atoms. The van der Waals surface area contributed by atoms with E-state index in [4.69, 9.17) is 9.40 Å². The second-order valence-corrected chi connectivity index (χ2v) is 7.31. The van der Waals surface area contributed by atoms with E-state index in [1.807, 2.05) is 35.7 Å². The molecular weight excluding hydrogens is 360 g/mol. The van der Waals surface area contributed by atoms with Crippen LogP contribution in [0, 0.1) is 6.92 Å². The van der Waals surface area contributed by atoms with Crippen LogP contribution in [0.2, 0.25) is 0 Å². The van der Waals surface area contributed by atoms with E-state index in [0.717, 1.165) is 28.8 Å². The van der Waals surface area contributed by atoms with Crippen molar-refractivity contribution in [2.24, 2.45) is 0 Å². The van der Waals surface area contributed by atoms with E-state index in [9.17, 15) is 4.79 Å². The molecule has 0 N–H and O–H groups in total. The summed E-state index contributed by atoms with van der Waals surface area (Å²) >= 11 is 1.72. The van der Waals surface area contributed by atoms with Gasteiger partial charge in [0.25, 0.3) is 0 Å². The highest BCUT2D eigenvalue weighted by atomic mass is 32.2. The smallest absolute Gasteiger partial charge is 0.305 e. The third-order valence-electron chi connectivity index (χ3n) is 4.56. The molecule has 0 bridgehead atoms. The molecule has 0 saturated carbocycles. The SMILES string of the molecule is CCN(C=O)c1nc2ccc(C(SC)c3cn4ccc(C)cc4n3)cc2o1. The minimum absolute atomic E-state index is 0.0801. The summed E-state index contributed by atoms with van der Waals surface area (Å²) in [6.45, 7) is 4.45. The number of carbonyl (C=O) groups is 1. The zero-order valence-corrected chi connectivity index (χ0v) is 16.2. The summed E-state index contributed by atoms with van der Waals surface area (Å²) in [5, 5.41) is 0.0801. The van der Waals surface area contributed by atoms with Crippen molar-refractivity contribution in [3.63, 3.8) is 0 Å². The summed E-state index contributed by atoms with van der Waals surface area (Å²) in [5.41, 5.74) is 5.62. The van der Waals surface area contributed by atoms with Crippen molar-refractivity contribution in [3.05, 3.63) is 59.5 Å². The molecule has 0 aliphatic carbocycles. The summed E-state index contributed by atoms with van der Waals surface area (Å²) in [6, 6.07) is 10.4. The van der Waals surface area contributed by atoms with E-state index in [0.29, 0.717) is 18.1 Å². The van der Waals surface area contributed by atoms with Crippen molar-refractivity contribution in [2.45, 2.75) is 19.1 Å². The first kappa shape index (κ1) is 17.6. The predicted molar refractivity (Wildman–Crippen MR) is 108 cm³/mol. The minimum Gasteiger partial charge on any atom is -0.423 e. The maximum atomic E-state index is 11.1. The molecule has 0 radical (unpaired) electrons. The van der Waals surface area contributed by atoms with Crippen LogP contribution < -0.4 is 4.90 Å². The van der Waals surface area contributed by atoms with Crippen molar-refractivity contribution >= 4 is 40.9 Å². The van der Waals surface area contributed by atoms with Gasteiger partial charge in [-0.3, -0.25) is 9.69 Å². The van der Waals surface area contributed by atoms with Crippen LogP contribution in [0.1, 0.15) is 29.0 Å². The molecule has 3 aromatic heterocycles. The summed E-state index contributed by atoms with van der Waals surface area (Å²) < 4.78 is 7.85. The second-order valence-electron chi connectivity index (χ2n) is 6.37. The Hall–Kier alpha value is -2.80. The first-order chi connectivity index (χ1) is 13.1. The number of oxazole rings is 1. The van der Waals surface area contributed by atoms with E-state index < -0.39 is 0 Å². The van der Waals surface area contributed by atoms with Gasteiger partial charge in [-0.25, -0.2) is 4.98 Å². The molecule has 1 unspecified atom stereocenters. The third-order valence-corrected chi connectivity index (χ3v) is 5.54. The van der Waals surface area contributed by atoms with Gasteiger partial charge in [-0.2, -0.15) is 16.7 Å². The predicted octanol–water partition coefficient (Wildman–Crippen LogP) is 4.22. The molecule has 4 aromatic rings. The van der Waals surface area contributed by atoms with Gasteiger partial charge in [0.2, 0.25) is 6.41 Å². The fourth-order valence-electron chi connectivity index (χ4n) is 3.13. The van der Waals surface area contributed by atoms with Gasteiger partial charge in [0.1, 0.15) is 11.2 Å². The topological polar surface area (TPSA) is 63.6 Å². The lowest BCUT2D eigenvalue weighted by Crippen LogP contribution is -2.20. The molecule has 27 heavy (non-hydrogen) atoms. The van der Waals surface area contributed by atoms with Gasteiger partial charge in [0, 0.05) is 18.9 Å². The number of fused-ring (bicyclic) bond motifs is 2. The normalized spacial score (nSPS) is 12.6. The molecule has 1 atom stereocenters. The van der Waals surface area contributed by atoms with E-state index in [2.05, 4.69) is 36.5 Å². The van der Waals surface area contributed by atoms with Gasteiger partial charge in [-0.05, 0) is 55.5 Å². The Morgan fingerprint density at radius 1 is 1.30 bits per heavy atom. The summed E-state index contributed by atoms with van der Waals surface area (Å²) in [7, 11) is 0. The zero-order chi connectivity index (χ0) is 19.0. The number of hydrogen-bond donors (Lipinski definition) is 0. The first-order valence-electron chi connectivity index (χ1n) is 8.73. The number of pyridine rings is 1. The van der Waals surface area contributed by atoms with E-state index >= 15 is 0 Å². The van der Waals surface area contributed by atoms with Gasteiger partial charge in [0.05, 0.1) is 10.9 Å². The lowest BCUT2D eigenvalue weighted by Gasteiger charge is -2.11. The Labute approximate surface area is 161 Å².